The van der Waals surface area contributed by atoms with Gasteiger partial charge in [0.2, 0.25) is 21.5 Å². The maximum atomic E-state index is 10.7. The van der Waals surface area contributed by atoms with Crippen LogP contribution >= 0.6 is 197 Å². The number of carbonyl (C=O) groups excluding carboxylic acids is 2. The number of aromatic amines is 1. The summed E-state index contributed by atoms with van der Waals surface area (Å²) in [4.78, 5) is 120. The molecule has 0 fully saturated rings. The fraction of sp³-hybridized carbons (Fsp3) is 0.0145. The molecule has 0 spiro atoms. The summed E-state index contributed by atoms with van der Waals surface area (Å²) in [6, 6.07) is 46.5. The van der Waals surface area contributed by atoms with Crippen LogP contribution < -0.4 is 45.4 Å². The van der Waals surface area contributed by atoms with Gasteiger partial charge in [-0.25, -0.2) is 69.4 Å². The SMILES string of the molecule is Cl.Clc1ccc2nc(Cl)ncc2n1.Clc1ccc2nc(Nc3ccccc3)ncc2n1.NC(=O)c1nc(Cl)ccc1N.Nc1ccc(Cl)nc1C(=O)O.Nc1ccc(Cl)nc1C=O.Nc1ccc(Cl)nc1CO.Nc1ccccc1.O=P(Cl)(Cl)Cl.O=[N+]([O-])c1ccc(Cl)nc1Cl.O=c1ncc2nc(Cl)ccc2[nH]1.[C-]#N.[C-]#[N+]c1nc(Cl)ccc1[N+](=O)[O-].[Cl][Sn][Cl].[Cu+].[O]=[Mn]=[O]. The summed E-state index contributed by atoms with van der Waals surface area (Å²) < 4.78 is 26.3. The van der Waals surface area contributed by atoms with E-state index in [1.54, 1.807) is 54.7 Å². The number of fused-ring (bicyclic) bond motifs is 3. The molecule has 12 aromatic heterocycles. The van der Waals surface area contributed by atoms with Crippen LogP contribution in [-0.2, 0) is 50.7 Å². The molecule has 16 N–H and O–H groups in total. The van der Waals surface area contributed by atoms with E-state index in [0.717, 1.165) is 23.0 Å². The molecule has 2 radical (unpaired) electrons. The number of nitrogens with two attached hydrogens (primary N) is 6. The number of amides is 1. The van der Waals surface area contributed by atoms with Gasteiger partial charge in [-0.05, 0) is 172 Å². The number of aromatic nitrogens is 15. The number of carbonyl (C=O) groups is 3. The number of nitro groups is 2. The number of aldehydes is 1. The Morgan fingerprint density at radius 1 is 0.535 bits per heavy atom. The van der Waals surface area contributed by atoms with Crippen molar-refractivity contribution in [2.45, 2.75) is 6.61 Å². The molecule has 60 heteroatoms. The van der Waals surface area contributed by atoms with E-state index in [4.69, 9.17) is 216 Å². The zero-order valence-corrected chi connectivity index (χ0v) is 81.9. The Morgan fingerprint density at radius 3 is 1.35 bits per heavy atom. The van der Waals surface area contributed by atoms with E-state index in [2.05, 4.69) is 119 Å². The first kappa shape index (κ1) is 121. The molecule has 0 unspecified atom stereocenters. The summed E-state index contributed by atoms with van der Waals surface area (Å²) in [6.45, 7) is 11.1. The van der Waals surface area contributed by atoms with Gasteiger partial charge < -0.3 is 71.6 Å². The Bertz CT molecular complexity index is 6110. The summed E-state index contributed by atoms with van der Waals surface area (Å²) in [6.07, 6.45) is 5.15. The van der Waals surface area contributed by atoms with Crippen LogP contribution in [0, 0.1) is 38.6 Å². The third-order valence-electron chi connectivity index (χ3n) is 12.5. The summed E-state index contributed by atoms with van der Waals surface area (Å²) in [5.74, 6) is -1.60. The quantitative estimate of drug-likeness (QED) is 0.00777. The number of benzene rings is 2. The number of carboxylic acid groups (broad SMARTS) is 1. The van der Waals surface area contributed by atoms with Gasteiger partial charge in [0.1, 0.15) is 63.5 Å². The molecule has 0 bridgehead atoms. The molecule has 0 aliphatic carbocycles. The molecule has 0 atom stereocenters. The number of anilines is 7. The predicted molar refractivity (Wildman–Crippen MR) is 496 cm³/mol. The number of nitrogen functional groups attached to an aromatic ring is 5. The molecule has 681 valence electrons. The van der Waals surface area contributed by atoms with Crippen molar-refractivity contribution in [2.24, 2.45) is 5.73 Å². The Kier molecular flexibility index (Phi) is 62.7. The number of aromatic carboxylic acids is 1. The number of aliphatic hydroxyl groups is 1. The van der Waals surface area contributed by atoms with Gasteiger partial charge in [-0.1, -0.05) is 147 Å². The molecular weight excluding hydrogens is 2270 g/mol. The van der Waals surface area contributed by atoms with Gasteiger partial charge in [0.15, 0.2) is 17.7 Å². The number of hydrogen-bond acceptors (Lipinski definition) is 33. The van der Waals surface area contributed by atoms with E-state index >= 15 is 0 Å². The maximum absolute atomic E-state index is 10.7. The number of halogens is 17. The average molecular weight is 2320 g/mol. The second-order valence-corrected chi connectivity index (χ2v) is 36.3. The van der Waals surface area contributed by atoms with Crippen molar-refractivity contribution in [2.75, 3.05) is 34.0 Å². The Hall–Kier alpha value is -9.64. The van der Waals surface area contributed by atoms with Gasteiger partial charge in [0, 0.05) is 29.6 Å². The first-order valence-corrected chi connectivity index (χ1v) is 48.8. The number of hydrogen-bond donors (Lipinski definition) is 10. The molecular formula is C69H51Cl17CuMnN26O13PSn. The summed E-state index contributed by atoms with van der Waals surface area (Å²) in [7, 11) is 9.87. The van der Waals surface area contributed by atoms with Crippen LogP contribution in [0.1, 0.15) is 37.2 Å². The number of H-pyrrole nitrogens is 1. The first-order valence-electron chi connectivity index (χ1n) is 32.1. The van der Waals surface area contributed by atoms with Crippen LogP contribution in [0.15, 0.2) is 193 Å². The third-order valence-corrected chi connectivity index (χ3v) is 14.9. The van der Waals surface area contributed by atoms with E-state index in [0.29, 0.717) is 77.5 Å². The van der Waals surface area contributed by atoms with E-state index in [1.807, 2.05) is 66.7 Å². The van der Waals surface area contributed by atoms with Crippen molar-refractivity contribution in [1.29, 1.82) is 5.26 Å². The number of rotatable bonds is 8. The van der Waals surface area contributed by atoms with Gasteiger partial charge in [-0.3, -0.25) is 34.4 Å². The Morgan fingerprint density at radius 2 is 0.922 bits per heavy atom. The number of para-hydroxylation sites is 2. The minimum atomic E-state index is -3.22. The topological polar surface area (TPSA) is 639 Å². The van der Waals surface area contributed by atoms with E-state index in [1.165, 1.54) is 60.9 Å². The molecule has 14 rings (SSSR count). The normalized spacial score (nSPS) is 9.35. The number of pyridine rings is 9. The number of aliphatic hydroxyl groups excluding tert-OH is 1. The summed E-state index contributed by atoms with van der Waals surface area (Å²) in [5, 5.41) is 46.2. The Balaban J connectivity index is 0. The van der Waals surface area contributed by atoms with Crippen molar-refractivity contribution in [3.05, 3.63) is 317 Å². The zero-order valence-electron chi connectivity index (χ0n) is 63.2. The monoisotopic (exact) mass is 2310 g/mol. The fourth-order valence-corrected chi connectivity index (χ4v) is 9.24. The molecule has 0 saturated carbocycles. The van der Waals surface area contributed by atoms with Crippen molar-refractivity contribution < 1.29 is 78.6 Å². The average Bonchev–Trinajstić information content (AvgIpc) is 0.841. The molecule has 0 aliphatic rings. The number of nitrogens with one attached hydrogen (secondary N) is 2. The molecule has 129 heavy (non-hydrogen) atoms. The van der Waals surface area contributed by atoms with Gasteiger partial charge in [0.05, 0.1) is 80.0 Å². The first-order chi connectivity index (χ1) is 60.0. The molecule has 1 amide bonds. The van der Waals surface area contributed by atoms with Gasteiger partial charge in [0.25, 0.3) is 11.6 Å². The molecule has 14 aromatic rings. The predicted octanol–water partition coefficient (Wildman–Crippen LogP) is 19.9. The number of carboxylic acids is 1. The van der Waals surface area contributed by atoms with Crippen molar-refractivity contribution in [3.63, 3.8) is 0 Å². The van der Waals surface area contributed by atoms with Gasteiger partial charge in [-0.2, -0.15) is 4.98 Å². The van der Waals surface area contributed by atoms with Crippen LogP contribution in [0.25, 0.3) is 37.9 Å². The van der Waals surface area contributed by atoms with Gasteiger partial charge in [-0.15, -0.1) is 17.4 Å². The molecule has 2 aromatic carbocycles. The van der Waals surface area contributed by atoms with Crippen LogP contribution in [0.2, 0.25) is 56.8 Å². The van der Waals surface area contributed by atoms with Crippen LogP contribution in [-0.4, -0.2) is 132 Å². The fourth-order valence-electron chi connectivity index (χ4n) is 7.47. The Labute approximate surface area is 837 Å². The van der Waals surface area contributed by atoms with Crippen LogP contribution in [0.3, 0.4) is 0 Å². The zero-order chi connectivity index (χ0) is 96.1. The summed E-state index contributed by atoms with van der Waals surface area (Å²) in [5.41, 5.74) is 38.1. The van der Waals surface area contributed by atoms with Crippen LogP contribution in [0.5, 0.6) is 0 Å². The molecule has 0 saturated heterocycles. The second kappa shape index (κ2) is 66.7. The summed E-state index contributed by atoms with van der Waals surface area (Å²) >= 11 is 72.4. The van der Waals surface area contributed by atoms with Crippen molar-refractivity contribution >= 4 is 324 Å². The van der Waals surface area contributed by atoms with Crippen LogP contribution in [0.4, 0.5) is 57.3 Å². The van der Waals surface area contributed by atoms with Crippen molar-refractivity contribution in [1.82, 2.24) is 74.8 Å². The van der Waals surface area contributed by atoms with Gasteiger partial charge >= 0.3 is 105 Å². The third kappa shape index (κ3) is 51.5. The molecule has 39 nitrogen and oxygen atoms in total. The van der Waals surface area contributed by atoms with E-state index in [9.17, 15) is 44.0 Å². The van der Waals surface area contributed by atoms with Crippen molar-refractivity contribution in [3.8, 4) is 0 Å². The molecule has 12 heterocycles. The number of primary amides is 1. The minimum absolute atomic E-state index is 0. The number of nitrogens with zero attached hydrogens (tertiary/aromatic N) is 18. The molecule has 0 aliphatic heterocycles. The standard InChI is InChI=1S/C13H9ClN4.C7H3Cl2N3.C7H4ClN3O.C6H2ClN3O2.C6H6ClN3O.C6H5ClN2O2.C6H7ClN2O.C6H5ClN2O.C6H7N.C5H2Cl2N2O2.CN.Cl3OP.3ClH.Cu.Mn.2O.Sn/c14-12-7-6-10-11(17-12)8-15-13(18-10)16-9-4-2-1-3-5-9;8-6-2-1-4-5(11-6)3-10-7(9)12-4;8-6-2-1-4-5(10-6)3-9-7(12)11-4;1-8-6-4(10(11)12)2-3-5(7)9-6;7-4-2-1-3(8)5(10-4)6(9)11;7-4-2-1-3(8)5(9-4)6(10)11;2*7-6-2-1-4(8)5(3-10)9-6;7-6-4-2-1-3-5-6;6-4-2-1-3(9(10)11)5(7)8-4;1-2;1-5(2,3)4;;;;;;;;/h1-8H,(H,15,16,18);1-3H;1-3H,(H,9,11,12);2-3H;1-2H,8H2,(H2,9,11);1-2H,8H2,(H,10,11);1-2,10H,3,8H2;1-3H,8H2;1-5H,7H2;1-2H;;;3*1H;;;;;/q;;;;;;;;;;-1;;;;;+1;;;;+2/p-2. The van der Waals surface area contributed by atoms with E-state index < -0.39 is 60.6 Å². The second-order valence-electron chi connectivity index (χ2n) is 21.0. The van der Waals surface area contributed by atoms with E-state index in [-0.39, 0.29) is 124 Å².